The number of benzene rings is 1. The first-order valence-corrected chi connectivity index (χ1v) is 7.00. The largest absolute Gasteiger partial charge is 0.362 e. The smallest absolute Gasteiger partial charge is 0.0518 e. The molecule has 0 fully saturated rings. The van der Waals surface area contributed by atoms with E-state index in [0.29, 0.717) is 0 Å². The van der Waals surface area contributed by atoms with Gasteiger partial charge in [-0.05, 0) is 61.3 Å². The minimum absolute atomic E-state index is 0.0482. The molecule has 1 aromatic rings. The van der Waals surface area contributed by atoms with Crippen LogP contribution in [0.25, 0.3) is 0 Å². The standard InChI is InChI=1S/C15H23BrN2/c1-6-9-18(15(3,4)5)14-8-7-12(11(2)17)10-13(14)16/h6-8,10-11H,1,9,17H2,2-5H3. The van der Waals surface area contributed by atoms with E-state index in [4.69, 9.17) is 5.73 Å². The van der Waals surface area contributed by atoms with Gasteiger partial charge in [-0.25, -0.2) is 0 Å². The van der Waals surface area contributed by atoms with E-state index in [1.165, 1.54) is 5.69 Å². The molecular weight excluding hydrogens is 288 g/mol. The zero-order valence-corrected chi connectivity index (χ0v) is 13.3. The van der Waals surface area contributed by atoms with Crippen molar-refractivity contribution in [3.63, 3.8) is 0 Å². The van der Waals surface area contributed by atoms with Gasteiger partial charge in [-0.15, -0.1) is 6.58 Å². The van der Waals surface area contributed by atoms with Crippen LogP contribution < -0.4 is 10.6 Å². The van der Waals surface area contributed by atoms with E-state index in [1.807, 2.05) is 13.0 Å². The van der Waals surface area contributed by atoms with Gasteiger partial charge in [0.1, 0.15) is 0 Å². The van der Waals surface area contributed by atoms with Gasteiger partial charge in [0.2, 0.25) is 0 Å². The Morgan fingerprint density at radius 3 is 2.44 bits per heavy atom. The Balaban J connectivity index is 3.18. The number of rotatable bonds is 4. The van der Waals surface area contributed by atoms with Crippen LogP contribution in [0.15, 0.2) is 35.3 Å². The van der Waals surface area contributed by atoms with Gasteiger partial charge in [-0.3, -0.25) is 0 Å². The van der Waals surface area contributed by atoms with Gasteiger partial charge in [-0.1, -0.05) is 12.1 Å². The summed E-state index contributed by atoms with van der Waals surface area (Å²) in [4.78, 5) is 2.31. The Morgan fingerprint density at radius 1 is 1.44 bits per heavy atom. The fourth-order valence-electron chi connectivity index (χ4n) is 1.89. The molecular formula is C15H23BrN2. The average molecular weight is 311 g/mol. The molecule has 0 heterocycles. The zero-order valence-electron chi connectivity index (χ0n) is 11.7. The molecule has 18 heavy (non-hydrogen) atoms. The van der Waals surface area contributed by atoms with Crippen molar-refractivity contribution in [1.29, 1.82) is 0 Å². The molecule has 0 saturated heterocycles. The fraction of sp³-hybridized carbons (Fsp3) is 0.467. The van der Waals surface area contributed by atoms with Crippen molar-refractivity contribution in [2.75, 3.05) is 11.4 Å². The third-order valence-corrected chi connectivity index (χ3v) is 3.54. The van der Waals surface area contributed by atoms with Gasteiger partial charge in [0, 0.05) is 22.6 Å². The summed E-state index contributed by atoms with van der Waals surface area (Å²) in [7, 11) is 0. The van der Waals surface area contributed by atoms with Gasteiger partial charge in [0.05, 0.1) is 5.69 Å². The summed E-state index contributed by atoms with van der Waals surface area (Å²) in [6.07, 6.45) is 1.93. The molecule has 0 aliphatic heterocycles. The lowest BCUT2D eigenvalue weighted by Gasteiger charge is -2.37. The van der Waals surface area contributed by atoms with Gasteiger partial charge in [0.15, 0.2) is 0 Å². The van der Waals surface area contributed by atoms with Crippen molar-refractivity contribution in [3.05, 3.63) is 40.9 Å². The predicted molar refractivity (Wildman–Crippen MR) is 84.0 cm³/mol. The van der Waals surface area contributed by atoms with Crippen LogP contribution in [0.2, 0.25) is 0 Å². The summed E-state index contributed by atoms with van der Waals surface area (Å²) in [6, 6.07) is 6.37. The van der Waals surface area contributed by atoms with E-state index in [2.05, 4.69) is 66.4 Å². The number of anilines is 1. The monoisotopic (exact) mass is 310 g/mol. The lowest BCUT2D eigenvalue weighted by atomic mass is 10.0. The summed E-state index contributed by atoms with van der Waals surface area (Å²) >= 11 is 3.65. The second-order valence-corrected chi connectivity index (χ2v) is 6.42. The highest BCUT2D eigenvalue weighted by Gasteiger charge is 2.22. The molecule has 0 aliphatic carbocycles. The average Bonchev–Trinajstić information content (AvgIpc) is 2.24. The van der Waals surface area contributed by atoms with Crippen molar-refractivity contribution in [3.8, 4) is 0 Å². The lowest BCUT2D eigenvalue weighted by molar-refractivity contribution is 0.521. The first kappa shape index (κ1) is 15.3. The summed E-state index contributed by atoms with van der Waals surface area (Å²) in [5.74, 6) is 0. The van der Waals surface area contributed by atoms with Crippen LogP contribution in [0.1, 0.15) is 39.3 Å². The highest BCUT2D eigenvalue weighted by atomic mass is 79.9. The predicted octanol–water partition coefficient (Wildman–Crippen LogP) is 4.26. The molecule has 0 spiro atoms. The molecule has 100 valence electrons. The molecule has 0 aliphatic rings. The van der Waals surface area contributed by atoms with Crippen LogP contribution >= 0.6 is 15.9 Å². The van der Waals surface area contributed by atoms with Crippen LogP contribution in [0.4, 0.5) is 5.69 Å². The van der Waals surface area contributed by atoms with Crippen molar-refractivity contribution >= 4 is 21.6 Å². The van der Waals surface area contributed by atoms with E-state index in [9.17, 15) is 0 Å². The molecule has 3 heteroatoms. The minimum atomic E-state index is 0.0482. The van der Waals surface area contributed by atoms with Crippen LogP contribution in [0.5, 0.6) is 0 Å². The topological polar surface area (TPSA) is 29.3 Å². The van der Waals surface area contributed by atoms with Gasteiger partial charge < -0.3 is 10.6 Å². The molecule has 0 bridgehead atoms. The van der Waals surface area contributed by atoms with Crippen LogP contribution in [0.3, 0.4) is 0 Å². The second-order valence-electron chi connectivity index (χ2n) is 5.57. The van der Waals surface area contributed by atoms with E-state index >= 15 is 0 Å². The van der Waals surface area contributed by atoms with E-state index in [1.54, 1.807) is 0 Å². The Hall–Kier alpha value is -0.800. The van der Waals surface area contributed by atoms with Gasteiger partial charge in [-0.2, -0.15) is 0 Å². The Labute approximate surface area is 119 Å². The normalized spacial score (nSPS) is 13.2. The molecule has 0 aromatic heterocycles. The third kappa shape index (κ3) is 3.59. The summed E-state index contributed by atoms with van der Waals surface area (Å²) < 4.78 is 1.08. The van der Waals surface area contributed by atoms with Crippen molar-refractivity contribution in [2.24, 2.45) is 5.73 Å². The molecule has 1 aromatic carbocycles. The highest BCUT2D eigenvalue weighted by molar-refractivity contribution is 9.10. The Kier molecular flexibility index (Phi) is 5.00. The number of halogens is 1. The van der Waals surface area contributed by atoms with Gasteiger partial charge in [0.25, 0.3) is 0 Å². The van der Waals surface area contributed by atoms with Gasteiger partial charge >= 0.3 is 0 Å². The maximum atomic E-state index is 5.90. The minimum Gasteiger partial charge on any atom is -0.362 e. The molecule has 0 amide bonds. The molecule has 2 nitrogen and oxygen atoms in total. The maximum Gasteiger partial charge on any atom is 0.0518 e. The zero-order chi connectivity index (χ0) is 13.9. The SMILES string of the molecule is C=CCN(c1ccc(C(C)N)cc1Br)C(C)(C)C. The van der Waals surface area contributed by atoms with E-state index in [0.717, 1.165) is 16.6 Å². The number of nitrogens with zero attached hydrogens (tertiary/aromatic N) is 1. The second kappa shape index (κ2) is 5.89. The maximum absolute atomic E-state index is 5.90. The number of hydrogen-bond acceptors (Lipinski definition) is 2. The van der Waals surface area contributed by atoms with Crippen LogP contribution in [-0.2, 0) is 0 Å². The molecule has 2 N–H and O–H groups in total. The van der Waals surface area contributed by atoms with Crippen LogP contribution in [0, 0.1) is 0 Å². The Morgan fingerprint density at radius 2 is 2.06 bits per heavy atom. The quantitative estimate of drug-likeness (QED) is 0.842. The van der Waals surface area contributed by atoms with E-state index in [-0.39, 0.29) is 11.6 Å². The summed E-state index contributed by atoms with van der Waals surface area (Å²) in [5, 5.41) is 0. The third-order valence-electron chi connectivity index (χ3n) is 2.91. The van der Waals surface area contributed by atoms with Crippen molar-refractivity contribution in [1.82, 2.24) is 0 Å². The Bertz CT molecular complexity index is 419. The molecule has 1 atom stereocenters. The molecule has 1 rings (SSSR count). The van der Waals surface area contributed by atoms with Crippen LogP contribution in [-0.4, -0.2) is 12.1 Å². The van der Waals surface area contributed by atoms with E-state index < -0.39 is 0 Å². The fourth-order valence-corrected chi connectivity index (χ4v) is 2.50. The number of hydrogen-bond donors (Lipinski definition) is 1. The van der Waals surface area contributed by atoms with Crippen molar-refractivity contribution < 1.29 is 0 Å². The molecule has 0 radical (unpaired) electrons. The lowest BCUT2D eigenvalue weighted by Crippen LogP contribution is -2.41. The van der Waals surface area contributed by atoms with Crippen molar-refractivity contribution in [2.45, 2.75) is 39.3 Å². The first-order chi connectivity index (χ1) is 8.27. The first-order valence-electron chi connectivity index (χ1n) is 6.21. The number of nitrogens with two attached hydrogens (primary N) is 1. The summed E-state index contributed by atoms with van der Waals surface area (Å²) in [6.45, 7) is 13.2. The molecule has 1 unspecified atom stereocenters. The molecule has 0 saturated carbocycles. The highest BCUT2D eigenvalue weighted by Crippen LogP contribution is 2.33. The summed E-state index contributed by atoms with van der Waals surface area (Å²) in [5.41, 5.74) is 8.26.